The van der Waals surface area contributed by atoms with Crippen LogP contribution in [0.3, 0.4) is 0 Å². The van der Waals surface area contributed by atoms with Crippen LogP contribution < -0.4 is 5.32 Å². The number of fused-ring (bicyclic) bond motifs is 2. The van der Waals surface area contributed by atoms with Crippen molar-refractivity contribution in [3.8, 4) is 0 Å². The molecule has 5 nitrogen and oxygen atoms in total. The molecule has 0 bridgehead atoms. The van der Waals surface area contributed by atoms with E-state index in [1.54, 1.807) is 0 Å². The van der Waals surface area contributed by atoms with Gasteiger partial charge in [-0.05, 0) is 30.9 Å². The third-order valence-electron chi connectivity index (χ3n) is 4.58. The largest absolute Gasteiger partial charge is 0.335 e. The zero-order valence-electron chi connectivity index (χ0n) is 12.9. The highest BCUT2D eigenvalue weighted by Crippen LogP contribution is 2.18. The number of aromatic nitrogens is 4. The van der Waals surface area contributed by atoms with Gasteiger partial charge in [0.05, 0.1) is 11.9 Å². The molecule has 22 heavy (non-hydrogen) atoms. The van der Waals surface area contributed by atoms with Gasteiger partial charge in [-0.2, -0.15) is 0 Å². The summed E-state index contributed by atoms with van der Waals surface area (Å²) in [6.45, 7) is 5.08. The van der Waals surface area contributed by atoms with Gasteiger partial charge in [-0.1, -0.05) is 6.07 Å². The van der Waals surface area contributed by atoms with Gasteiger partial charge in [-0.3, -0.25) is 0 Å². The Morgan fingerprint density at radius 1 is 1.32 bits per heavy atom. The van der Waals surface area contributed by atoms with Gasteiger partial charge in [0.1, 0.15) is 11.5 Å². The lowest BCUT2D eigenvalue weighted by molar-refractivity contribution is 0.347. The molecule has 0 saturated carbocycles. The molecule has 3 aromatic rings. The average molecular weight is 295 g/mol. The van der Waals surface area contributed by atoms with E-state index in [-0.39, 0.29) is 0 Å². The fourth-order valence-corrected chi connectivity index (χ4v) is 3.34. The Labute approximate surface area is 130 Å². The smallest absolute Gasteiger partial charge is 0.139 e. The lowest BCUT2D eigenvalue weighted by Crippen LogP contribution is -2.30. The summed E-state index contributed by atoms with van der Waals surface area (Å²) < 4.78 is 4.46. The Hall–Kier alpha value is -2.14. The number of rotatable bonds is 4. The molecule has 0 amide bonds. The summed E-state index contributed by atoms with van der Waals surface area (Å²) in [5.74, 6) is 1.91. The highest BCUT2D eigenvalue weighted by Gasteiger charge is 2.18. The molecule has 1 aliphatic heterocycles. The molecule has 4 heterocycles. The van der Waals surface area contributed by atoms with Crippen LogP contribution in [0.25, 0.3) is 5.65 Å². The van der Waals surface area contributed by atoms with Gasteiger partial charge in [0, 0.05) is 44.6 Å². The Morgan fingerprint density at radius 3 is 3.23 bits per heavy atom. The topological polar surface area (TPSA) is 47.1 Å². The maximum Gasteiger partial charge on any atom is 0.139 e. The van der Waals surface area contributed by atoms with E-state index < -0.39 is 0 Å². The summed E-state index contributed by atoms with van der Waals surface area (Å²) in [6, 6.07) is 4.18. The van der Waals surface area contributed by atoms with Crippen LogP contribution in [0.4, 0.5) is 0 Å². The summed E-state index contributed by atoms with van der Waals surface area (Å²) in [5, 5.41) is 3.60. The van der Waals surface area contributed by atoms with Crippen molar-refractivity contribution < 1.29 is 0 Å². The van der Waals surface area contributed by atoms with Crippen molar-refractivity contribution in [1.29, 1.82) is 0 Å². The van der Waals surface area contributed by atoms with Gasteiger partial charge in [-0.25, -0.2) is 9.97 Å². The summed E-state index contributed by atoms with van der Waals surface area (Å²) in [4.78, 5) is 8.90. The van der Waals surface area contributed by atoms with Crippen molar-refractivity contribution in [3.05, 3.63) is 54.0 Å². The van der Waals surface area contributed by atoms with Crippen LogP contribution in [-0.4, -0.2) is 25.5 Å². The molecule has 4 rings (SSSR count). The normalized spacial score (nSPS) is 17.8. The summed E-state index contributed by atoms with van der Waals surface area (Å²) in [6.07, 6.45) is 10.4. The number of nitrogens with one attached hydrogen (secondary N) is 1. The van der Waals surface area contributed by atoms with Crippen LogP contribution in [0.5, 0.6) is 0 Å². The first kappa shape index (κ1) is 13.5. The van der Waals surface area contributed by atoms with Gasteiger partial charge >= 0.3 is 0 Å². The zero-order valence-corrected chi connectivity index (χ0v) is 12.9. The molecular weight excluding hydrogens is 274 g/mol. The van der Waals surface area contributed by atoms with Gasteiger partial charge in [0.15, 0.2) is 0 Å². The maximum absolute atomic E-state index is 4.52. The van der Waals surface area contributed by atoms with Crippen molar-refractivity contribution in [3.63, 3.8) is 0 Å². The van der Waals surface area contributed by atoms with E-state index in [2.05, 4.69) is 55.7 Å². The van der Waals surface area contributed by atoms with Crippen molar-refractivity contribution in [2.24, 2.45) is 5.92 Å². The van der Waals surface area contributed by atoms with E-state index >= 15 is 0 Å². The second kappa shape index (κ2) is 5.57. The molecule has 114 valence electrons. The zero-order chi connectivity index (χ0) is 14.9. The third-order valence-corrected chi connectivity index (χ3v) is 4.58. The number of aryl methyl sites for hydroxylation is 2. The van der Waals surface area contributed by atoms with Crippen LogP contribution >= 0.6 is 0 Å². The quantitative estimate of drug-likeness (QED) is 0.802. The third kappa shape index (κ3) is 2.41. The second-order valence-corrected chi connectivity index (χ2v) is 6.17. The van der Waals surface area contributed by atoms with E-state index in [9.17, 15) is 0 Å². The molecule has 1 N–H and O–H groups in total. The molecule has 0 unspecified atom stereocenters. The van der Waals surface area contributed by atoms with E-state index in [1.807, 2.05) is 12.4 Å². The first-order valence-electron chi connectivity index (χ1n) is 7.93. The van der Waals surface area contributed by atoms with E-state index in [4.69, 9.17) is 0 Å². The van der Waals surface area contributed by atoms with Crippen molar-refractivity contribution in [2.45, 2.75) is 32.9 Å². The molecule has 0 aliphatic carbocycles. The SMILES string of the molecule is Cc1cccn2c(CNC[C@H]3CCc4nccn4C3)cnc12. The predicted molar refractivity (Wildman–Crippen MR) is 85.7 cm³/mol. The molecule has 0 spiro atoms. The Balaban J connectivity index is 1.38. The van der Waals surface area contributed by atoms with Crippen molar-refractivity contribution in [2.75, 3.05) is 6.54 Å². The molecule has 1 aliphatic rings. The molecule has 0 aromatic carbocycles. The molecule has 0 fully saturated rings. The molecule has 1 atom stereocenters. The van der Waals surface area contributed by atoms with E-state index in [1.165, 1.54) is 23.5 Å². The van der Waals surface area contributed by atoms with Crippen molar-refractivity contribution >= 4 is 5.65 Å². The van der Waals surface area contributed by atoms with Crippen LogP contribution in [0.2, 0.25) is 0 Å². The van der Waals surface area contributed by atoms with Gasteiger partial charge in [0.2, 0.25) is 0 Å². The van der Waals surface area contributed by atoms with Crippen LogP contribution in [0, 0.1) is 12.8 Å². The van der Waals surface area contributed by atoms with Gasteiger partial charge in [-0.15, -0.1) is 0 Å². The lowest BCUT2D eigenvalue weighted by atomic mass is 9.99. The van der Waals surface area contributed by atoms with Crippen LogP contribution in [-0.2, 0) is 19.5 Å². The lowest BCUT2D eigenvalue weighted by Gasteiger charge is -2.24. The highest BCUT2D eigenvalue weighted by molar-refractivity contribution is 5.48. The Morgan fingerprint density at radius 2 is 2.27 bits per heavy atom. The molecular formula is C17H21N5. The number of hydrogen-bond acceptors (Lipinski definition) is 3. The first-order valence-corrected chi connectivity index (χ1v) is 7.93. The first-order chi connectivity index (χ1) is 10.8. The Kier molecular flexibility index (Phi) is 3.42. The predicted octanol–water partition coefficient (Wildman–Crippen LogP) is 2.19. The number of imidazole rings is 2. The Bertz CT molecular complexity index is 785. The summed E-state index contributed by atoms with van der Waals surface area (Å²) in [7, 11) is 0. The highest BCUT2D eigenvalue weighted by atomic mass is 15.1. The van der Waals surface area contributed by atoms with Crippen LogP contribution in [0.1, 0.15) is 23.5 Å². The molecule has 0 saturated heterocycles. The monoisotopic (exact) mass is 295 g/mol. The van der Waals surface area contributed by atoms with E-state index in [0.29, 0.717) is 5.92 Å². The van der Waals surface area contributed by atoms with Crippen molar-refractivity contribution in [1.82, 2.24) is 24.3 Å². The van der Waals surface area contributed by atoms with Crippen LogP contribution in [0.15, 0.2) is 36.9 Å². The van der Waals surface area contributed by atoms with E-state index in [0.717, 1.165) is 31.7 Å². The molecule has 0 radical (unpaired) electrons. The summed E-state index contributed by atoms with van der Waals surface area (Å²) in [5.41, 5.74) is 3.49. The standard InChI is InChI=1S/C17H21N5/c1-13-3-2-7-22-15(11-20-17(13)22)10-18-9-14-4-5-16-19-6-8-21(16)12-14/h2-3,6-8,11,14,18H,4-5,9-10,12H2,1H3/t14-/m1/s1. The summed E-state index contributed by atoms with van der Waals surface area (Å²) >= 11 is 0. The number of hydrogen-bond donors (Lipinski definition) is 1. The minimum atomic E-state index is 0.683. The fourth-order valence-electron chi connectivity index (χ4n) is 3.34. The average Bonchev–Trinajstić information content (AvgIpc) is 3.14. The minimum absolute atomic E-state index is 0.683. The minimum Gasteiger partial charge on any atom is -0.335 e. The maximum atomic E-state index is 4.52. The fraction of sp³-hybridized carbons (Fsp3) is 0.412. The van der Waals surface area contributed by atoms with Gasteiger partial charge < -0.3 is 14.3 Å². The molecule has 5 heteroatoms. The number of nitrogens with zero attached hydrogens (tertiary/aromatic N) is 4. The van der Waals surface area contributed by atoms with Gasteiger partial charge in [0.25, 0.3) is 0 Å². The number of pyridine rings is 1. The second-order valence-electron chi connectivity index (χ2n) is 6.17. The molecule has 3 aromatic heterocycles.